The number of hydrogen-bond donors (Lipinski definition) is 1. The Labute approximate surface area is 126 Å². The number of hydrogen-bond acceptors (Lipinski definition) is 2. The highest BCUT2D eigenvalue weighted by atomic mass is 19.1. The molecule has 0 aliphatic heterocycles. The maximum Gasteiger partial charge on any atom is 0.128 e. The maximum absolute atomic E-state index is 14.0. The van der Waals surface area contributed by atoms with E-state index >= 15 is 0 Å². The Morgan fingerprint density at radius 1 is 1.33 bits per heavy atom. The van der Waals surface area contributed by atoms with Gasteiger partial charge in [-0.3, -0.25) is 4.68 Å². The SMILES string of the molecule is CCC(C)n1ccc(CC(NC)c2cc(C)ccc2F)n1. The molecule has 114 valence electrons. The van der Waals surface area contributed by atoms with Crippen molar-refractivity contribution in [2.75, 3.05) is 7.05 Å². The third-order valence-corrected chi connectivity index (χ3v) is 3.99. The first-order valence-corrected chi connectivity index (χ1v) is 7.52. The highest BCUT2D eigenvalue weighted by Crippen LogP contribution is 2.22. The van der Waals surface area contributed by atoms with Gasteiger partial charge in [0.25, 0.3) is 0 Å². The van der Waals surface area contributed by atoms with Gasteiger partial charge in [0.05, 0.1) is 5.69 Å². The van der Waals surface area contributed by atoms with Gasteiger partial charge >= 0.3 is 0 Å². The molecule has 0 radical (unpaired) electrons. The summed E-state index contributed by atoms with van der Waals surface area (Å²) in [7, 11) is 1.86. The van der Waals surface area contributed by atoms with Crippen LogP contribution in [0.5, 0.6) is 0 Å². The predicted molar refractivity (Wildman–Crippen MR) is 83.9 cm³/mol. The van der Waals surface area contributed by atoms with Crippen molar-refractivity contribution in [3.8, 4) is 0 Å². The fourth-order valence-electron chi connectivity index (χ4n) is 2.43. The number of rotatable bonds is 6. The summed E-state index contributed by atoms with van der Waals surface area (Å²) in [5, 5.41) is 7.80. The van der Waals surface area contributed by atoms with E-state index in [1.165, 1.54) is 6.07 Å². The highest BCUT2D eigenvalue weighted by Gasteiger charge is 2.16. The van der Waals surface area contributed by atoms with Crippen molar-refractivity contribution in [3.05, 3.63) is 53.1 Å². The van der Waals surface area contributed by atoms with Crippen molar-refractivity contribution in [3.63, 3.8) is 0 Å². The van der Waals surface area contributed by atoms with Gasteiger partial charge in [-0.1, -0.05) is 24.6 Å². The second kappa shape index (κ2) is 6.85. The lowest BCUT2D eigenvalue weighted by Crippen LogP contribution is -2.20. The summed E-state index contributed by atoms with van der Waals surface area (Å²) in [5.74, 6) is -0.165. The van der Waals surface area contributed by atoms with E-state index in [1.54, 1.807) is 6.07 Å². The van der Waals surface area contributed by atoms with Crippen LogP contribution in [0.25, 0.3) is 0 Å². The fourth-order valence-corrected chi connectivity index (χ4v) is 2.43. The molecule has 2 unspecified atom stereocenters. The standard InChI is InChI=1S/C17H24FN3/c1-5-13(3)21-9-8-14(20-21)11-17(19-4)15-10-12(2)6-7-16(15)18/h6-10,13,17,19H,5,11H2,1-4H3. The van der Waals surface area contributed by atoms with Gasteiger partial charge in [0.1, 0.15) is 5.82 Å². The van der Waals surface area contributed by atoms with E-state index in [4.69, 9.17) is 0 Å². The molecule has 21 heavy (non-hydrogen) atoms. The maximum atomic E-state index is 14.0. The minimum atomic E-state index is -0.165. The highest BCUT2D eigenvalue weighted by molar-refractivity contribution is 5.28. The summed E-state index contributed by atoms with van der Waals surface area (Å²) in [5.41, 5.74) is 2.75. The zero-order valence-corrected chi connectivity index (χ0v) is 13.2. The van der Waals surface area contributed by atoms with Crippen LogP contribution >= 0.6 is 0 Å². The van der Waals surface area contributed by atoms with Gasteiger partial charge in [0, 0.05) is 30.3 Å². The van der Waals surface area contributed by atoms with Crippen LogP contribution in [0, 0.1) is 12.7 Å². The third kappa shape index (κ3) is 3.70. The summed E-state index contributed by atoms with van der Waals surface area (Å²) < 4.78 is 16.0. The van der Waals surface area contributed by atoms with Crippen molar-refractivity contribution >= 4 is 0 Å². The molecule has 2 rings (SSSR count). The topological polar surface area (TPSA) is 29.9 Å². The minimum Gasteiger partial charge on any atom is -0.313 e. The Morgan fingerprint density at radius 3 is 2.76 bits per heavy atom. The quantitative estimate of drug-likeness (QED) is 0.876. The Kier molecular flexibility index (Phi) is 5.12. The van der Waals surface area contributed by atoms with E-state index in [2.05, 4.69) is 24.3 Å². The van der Waals surface area contributed by atoms with E-state index < -0.39 is 0 Å². The van der Waals surface area contributed by atoms with Crippen LogP contribution in [0.3, 0.4) is 0 Å². The Hall–Kier alpha value is -1.68. The molecule has 2 atom stereocenters. The minimum absolute atomic E-state index is 0.0646. The Bertz CT molecular complexity index is 591. The van der Waals surface area contributed by atoms with Crippen molar-refractivity contribution < 1.29 is 4.39 Å². The van der Waals surface area contributed by atoms with Crippen LogP contribution in [0.1, 0.15) is 49.2 Å². The van der Waals surface area contributed by atoms with Crippen LogP contribution < -0.4 is 5.32 Å². The molecule has 0 amide bonds. The second-order valence-electron chi connectivity index (χ2n) is 5.61. The number of aryl methyl sites for hydroxylation is 1. The first kappa shape index (κ1) is 15.7. The van der Waals surface area contributed by atoms with Gasteiger partial charge in [-0.2, -0.15) is 5.10 Å². The van der Waals surface area contributed by atoms with Crippen LogP contribution in [-0.2, 0) is 6.42 Å². The van der Waals surface area contributed by atoms with Gasteiger partial charge in [-0.05, 0) is 39.4 Å². The normalized spacial score (nSPS) is 14.1. The predicted octanol–water partition coefficient (Wildman–Crippen LogP) is 3.80. The molecule has 0 saturated heterocycles. The molecule has 0 aliphatic rings. The van der Waals surface area contributed by atoms with Gasteiger partial charge in [0.2, 0.25) is 0 Å². The van der Waals surface area contributed by atoms with Crippen LogP contribution in [-0.4, -0.2) is 16.8 Å². The molecule has 0 bridgehead atoms. The summed E-state index contributed by atoms with van der Waals surface area (Å²) in [4.78, 5) is 0. The molecule has 1 aromatic heterocycles. The molecular weight excluding hydrogens is 265 g/mol. The molecule has 3 nitrogen and oxygen atoms in total. The molecule has 1 N–H and O–H groups in total. The zero-order valence-electron chi connectivity index (χ0n) is 13.2. The van der Waals surface area contributed by atoms with Crippen molar-refractivity contribution in [1.82, 2.24) is 15.1 Å². The van der Waals surface area contributed by atoms with Crippen molar-refractivity contribution in [2.45, 2.75) is 45.7 Å². The number of nitrogens with zero attached hydrogens (tertiary/aromatic N) is 2. The van der Waals surface area contributed by atoms with E-state index in [9.17, 15) is 4.39 Å². The van der Waals surface area contributed by atoms with Gasteiger partial charge in [-0.25, -0.2) is 4.39 Å². The lowest BCUT2D eigenvalue weighted by Gasteiger charge is -2.17. The lowest BCUT2D eigenvalue weighted by molar-refractivity contribution is 0.467. The van der Waals surface area contributed by atoms with Crippen LogP contribution in [0.4, 0.5) is 4.39 Å². The van der Waals surface area contributed by atoms with Crippen LogP contribution in [0.15, 0.2) is 30.5 Å². The van der Waals surface area contributed by atoms with E-state index in [0.717, 1.165) is 17.7 Å². The van der Waals surface area contributed by atoms with E-state index in [1.807, 2.05) is 37.0 Å². The van der Waals surface area contributed by atoms with Gasteiger partial charge in [0.15, 0.2) is 0 Å². The number of halogens is 1. The Balaban J connectivity index is 2.19. The first-order chi connectivity index (χ1) is 10.0. The molecule has 0 fully saturated rings. The monoisotopic (exact) mass is 289 g/mol. The van der Waals surface area contributed by atoms with E-state index in [0.29, 0.717) is 18.0 Å². The average molecular weight is 289 g/mol. The number of benzene rings is 1. The third-order valence-electron chi connectivity index (χ3n) is 3.99. The smallest absolute Gasteiger partial charge is 0.128 e. The van der Waals surface area contributed by atoms with Gasteiger partial charge in [-0.15, -0.1) is 0 Å². The largest absolute Gasteiger partial charge is 0.313 e. The molecule has 4 heteroatoms. The number of nitrogens with one attached hydrogen (secondary N) is 1. The molecule has 0 spiro atoms. The summed E-state index contributed by atoms with van der Waals surface area (Å²) in [6.07, 6.45) is 3.73. The second-order valence-corrected chi connectivity index (χ2v) is 5.61. The van der Waals surface area contributed by atoms with Gasteiger partial charge < -0.3 is 5.32 Å². The molecule has 2 aromatic rings. The summed E-state index contributed by atoms with van der Waals surface area (Å²) >= 11 is 0. The van der Waals surface area contributed by atoms with Crippen LogP contribution in [0.2, 0.25) is 0 Å². The van der Waals surface area contributed by atoms with E-state index in [-0.39, 0.29) is 11.9 Å². The molecular formula is C17H24FN3. The molecule has 1 heterocycles. The summed E-state index contributed by atoms with van der Waals surface area (Å²) in [6, 6.07) is 7.58. The lowest BCUT2D eigenvalue weighted by atomic mass is 10.00. The molecule has 0 aliphatic carbocycles. The zero-order chi connectivity index (χ0) is 15.4. The number of aromatic nitrogens is 2. The summed E-state index contributed by atoms with van der Waals surface area (Å²) in [6.45, 7) is 6.27. The Morgan fingerprint density at radius 2 is 2.10 bits per heavy atom. The molecule has 0 saturated carbocycles. The number of likely N-dealkylation sites (N-methyl/N-ethyl adjacent to an activating group) is 1. The van der Waals surface area contributed by atoms with Crippen molar-refractivity contribution in [2.24, 2.45) is 0 Å². The average Bonchev–Trinajstić information content (AvgIpc) is 2.95. The first-order valence-electron chi connectivity index (χ1n) is 7.52. The fraction of sp³-hybridized carbons (Fsp3) is 0.471. The molecule has 1 aromatic carbocycles. The van der Waals surface area contributed by atoms with Crippen molar-refractivity contribution in [1.29, 1.82) is 0 Å².